The number of hydrogen-bond donors (Lipinski definition) is 4. The van der Waals surface area contributed by atoms with E-state index in [1.54, 1.807) is 0 Å². The van der Waals surface area contributed by atoms with E-state index in [4.69, 9.17) is 14.6 Å². The molecular weight excluding hydrogens is 332 g/mol. The predicted molar refractivity (Wildman–Crippen MR) is 72.7 cm³/mol. The Morgan fingerprint density at radius 2 is 1.70 bits per heavy atom. The minimum atomic E-state index is -1.42. The summed E-state index contributed by atoms with van der Waals surface area (Å²) in [4.78, 5) is 0. The van der Waals surface area contributed by atoms with E-state index < -0.39 is 37.3 Å². The molecule has 2 rings (SSSR count). The Hall–Kier alpha value is -0.540. The Bertz CT molecular complexity index is 423. The second-order valence-electron chi connectivity index (χ2n) is 4.63. The van der Waals surface area contributed by atoms with E-state index in [-0.39, 0.29) is 6.61 Å². The predicted octanol–water partition coefficient (Wildman–Crippen LogP) is -0.234. The first-order valence-corrected chi connectivity index (χ1v) is 6.99. The summed E-state index contributed by atoms with van der Waals surface area (Å²) in [6.07, 6.45) is -6.22. The van der Waals surface area contributed by atoms with Gasteiger partial charge in [-0.1, -0.05) is 28.1 Å². The number of ether oxygens (including phenoxy) is 2. The van der Waals surface area contributed by atoms with Crippen LogP contribution in [-0.2, 0) is 16.1 Å². The van der Waals surface area contributed by atoms with Gasteiger partial charge in [0.2, 0.25) is 0 Å². The lowest BCUT2D eigenvalue weighted by Crippen LogP contribution is -2.59. The Morgan fingerprint density at radius 1 is 1.05 bits per heavy atom. The summed E-state index contributed by atoms with van der Waals surface area (Å²) in [5.74, 6) is 0. The average molecular weight is 349 g/mol. The van der Waals surface area contributed by atoms with E-state index in [0.29, 0.717) is 0 Å². The van der Waals surface area contributed by atoms with Gasteiger partial charge in [-0.2, -0.15) is 0 Å². The summed E-state index contributed by atoms with van der Waals surface area (Å²) in [6.45, 7) is -0.293. The van der Waals surface area contributed by atoms with Gasteiger partial charge in [-0.25, -0.2) is 0 Å². The van der Waals surface area contributed by atoms with Crippen molar-refractivity contribution in [2.24, 2.45) is 0 Å². The zero-order valence-corrected chi connectivity index (χ0v) is 12.2. The van der Waals surface area contributed by atoms with Gasteiger partial charge in [0, 0.05) is 4.47 Å². The van der Waals surface area contributed by atoms with Crippen molar-refractivity contribution in [3.63, 3.8) is 0 Å². The molecule has 112 valence electrons. The first-order chi connectivity index (χ1) is 9.52. The first kappa shape index (κ1) is 15.8. The Kier molecular flexibility index (Phi) is 5.50. The van der Waals surface area contributed by atoms with Crippen LogP contribution in [0.25, 0.3) is 0 Å². The van der Waals surface area contributed by atoms with Crippen LogP contribution in [0.4, 0.5) is 0 Å². The quantitative estimate of drug-likeness (QED) is 0.599. The van der Waals surface area contributed by atoms with Crippen LogP contribution in [0.15, 0.2) is 28.7 Å². The summed E-state index contributed by atoms with van der Waals surface area (Å²) in [5, 5.41) is 38.1. The van der Waals surface area contributed by atoms with Gasteiger partial charge >= 0.3 is 0 Å². The van der Waals surface area contributed by atoms with E-state index in [1.807, 2.05) is 24.3 Å². The van der Waals surface area contributed by atoms with Crippen LogP contribution in [0.3, 0.4) is 0 Å². The molecule has 0 bridgehead atoms. The second kappa shape index (κ2) is 6.95. The van der Waals surface area contributed by atoms with Gasteiger partial charge in [0.1, 0.15) is 24.4 Å². The van der Waals surface area contributed by atoms with Crippen LogP contribution in [0.5, 0.6) is 0 Å². The summed E-state index contributed by atoms with van der Waals surface area (Å²) in [7, 11) is 0. The molecule has 0 unspecified atom stereocenters. The lowest BCUT2D eigenvalue weighted by atomic mass is 9.99. The molecule has 0 spiro atoms. The molecule has 0 radical (unpaired) electrons. The zero-order valence-electron chi connectivity index (χ0n) is 10.6. The third-order valence-electron chi connectivity index (χ3n) is 3.18. The van der Waals surface area contributed by atoms with Crippen molar-refractivity contribution in [2.45, 2.75) is 37.3 Å². The Labute approximate surface area is 124 Å². The van der Waals surface area contributed by atoms with Crippen molar-refractivity contribution in [1.29, 1.82) is 0 Å². The first-order valence-electron chi connectivity index (χ1n) is 6.19. The fraction of sp³-hybridized carbons (Fsp3) is 0.538. The zero-order chi connectivity index (χ0) is 14.7. The lowest BCUT2D eigenvalue weighted by Gasteiger charge is -2.39. The van der Waals surface area contributed by atoms with E-state index in [1.165, 1.54) is 0 Å². The lowest BCUT2D eigenvalue weighted by molar-refractivity contribution is -0.304. The van der Waals surface area contributed by atoms with Gasteiger partial charge in [0.15, 0.2) is 6.29 Å². The van der Waals surface area contributed by atoms with Crippen molar-refractivity contribution in [3.8, 4) is 0 Å². The highest BCUT2D eigenvalue weighted by Crippen LogP contribution is 2.23. The molecule has 0 amide bonds. The molecule has 1 aliphatic heterocycles. The Morgan fingerprint density at radius 3 is 2.30 bits per heavy atom. The molecule has 1 saturated heterocycles. The fourth-order valence-electron chi connectivity index (χ4n) is 1.96. The minimum Gasteiger partial charge on any atom is -0.394 e. The van der Waals surface area contributed by atoms with Crippen LogP contribution >= 0.6 is 15.9 Å². The average Bonchev–Trinajstić information content (AvgIpc) is 2.46. The highest BCUT2D eigenvalue weighted by Gasteiger charge is 2.43. The van der Waals surface area contributed by atoms with Crippen molar-refractivity contribution in [3.05, 3.63) is 34.3 Å². The maximum atomic E-state index is 9.79. The van der Waals surface area contributed by atoms with Crippen LogP contribution < -0.4 is 0 Å². The molecule has 1 aromatic rings. The van der Waals surface area contributed by atoms with Gasteiger partial charge in [-0.05, 0) is 17.7 Å². The van der Waals surface area contributed by atoms with Crippen LogP contribution in [0, 0.1) is 0 Å². The maximum Gasteiger partial charge on any atom is 0.187 e. The van der Waals surface area contributed by atoms with Crippen molar-refractivity contribution in [1.82, 2.24) is 0 Å². The summed E-state index contributed by atoms with van der Waals surface area (Å²) < 4.78 is 11.6. The van der Waals surface area contributed by atoms with Gasteiger partial charge in [0.25, 0.3) is 0 Å². The van der Waals surface area contributed by atoms with Gasteiger partial charge in [0.05, 0.1) is 13.2 Å². The summed E-state index contributed by atoms with van der Waals surface area (Å²) >= 11 is 3.32. The number of hydrogen-bond acceptors (Lipinski definition) is 6. The van der Waals surface area contributed by atoms with Crippen LogP contribution in [0.1, 0.15) is 5.56 Å². The number of aliphatic hydroxyl groups excluding tert-OH is 4. The minimum absolute atomic E-state index is 0.177. The highest BCUT2D eigenvalue weighted by atomic mass is 79.9. The summed E-state index contributed by atoms with van der Waals surface area (Å²) in [6, 6.07) is 7.39. The van der Waals surface area contributed by atoms with Crippen molar-refractivity contribution in [2.75, 3.05) is 6.61 Å². The molecular formula is C13H17BrO6. The molecule has 0 aromatic heterocycles. The Balaban J connectivity index is 1.95. The van der Waals surface area contributed by atoms with E-state index in [0.717, 1.165) is 10.0 Å². The van der Waals surface area contributed by atoms with E-state index >= 15 is 0 Å². The molecule has 1 fully saturated rings. The molecule has 6 nitrogen and oxygen atoms in total. The van der Waals surface area contributed by atoms with Crippen LogP contribution in [-0.4, -0.2) is 57.7 Å². The molecule has 5 atom stereocenters. The maximum absolute atomic E-state index is 9.79. The molecule has 1 aromatic carbocycles. The number of benzene rings is 1. The van der Waals surface area contributed by atoms with E-state index in [2.05, 4.69) is 15.9 Å². The molecule has 4 N–H and O–H groups in total. The SMILES string of the molecule is OC[C@H]1O[C@@H](OCc2ccc(Br)cc2)[C@H](O)[C@@H](O)[C@@H]1O. The monoisotopic (exact) mass is 348 g/mol. The molecule has 7 heteroatoms. The summed E-state index contributed by atoms with van der Waals surface area (Å²) in [5.41, 5.74) is 0.866. The highest BCUT2D eigenvalue weighted by molar-refractivity contribution is 9.10. The normalized spacial score (nSPS) is 34.1. The number of halogens is 1. The fourth-order valence-corrected chi connectivity index (χ4v) is 2.23. The van der Waals surface area contributed by atoms with Gasteiger partial charge < -0.3 is 29.9 Å². The van der Waals surface area contributed by atoms with Crippen molar-refractivity contribution < 1.29 is 29.9 Å². The molecule has 0 aliphatic carbocycles. The second-order valence-corrected chi connectivity index (χ2v) is 5.55. The number of rotatable bonds is 4. The van der Waals surface area contributed by atoms with Crippen LogP contribution in [0.2, 0.25) is 0 Å². The third kappa shape index (κ3) is 3.56. The largest absolute Gasteiger partial charge is 0.394 e. The molecule has 1 aliphatic rings. The van der Waals surface area contributed by atoms with Gasteiger partial charge in [-0.15, -0.1) is 0 Å². The smallest absolute Gasteiger partial charge is 0.187 e. The molecule has 1 heterocycles. The topological polar surface area (TPSA) is 99.4 Å². The standard InChI is InChI=1S/C13H17BrO6/c14-8-3-1-7(2-4-8)6-19-13-12(18)11(17)10(16)9(5-15)20-13/h1-4,9-13,15-18H,5-6H2/t9-,10-,11+,12-,13-/m1/s1. The molecule has 20 heavy (non-hydrogen) atoms. The van der Waals surface area contributed by atoms with Gasteiger partial charge in [-0.3, -0.25) is 0 Å². The molecule has 0 saturated carbocycles. The third-order valence-corrected chi connectivity index (χ3v) is 3.70. The van der Waals surface area contributed by atoms with Crippen molar-refractivity contribution >= 4 is 15.9 Å². The van der Waals surface area contributed by atoms with E-state index in [9.17, 15) is 15.3 Å². The number of aliphatic hydroxyl groups is 4.